The molecule has 1 aromatic rings. The van der Waals surface area contributed by atoms with Gasteiger partial charge in [0.2, 0.25) is 0 Å². The molecule has 0 spiro atoms. The number of rotatable bonds is 2. The molecule has 1 rings (SSSR count). The molecule has 0 amide bonds. The second-order valence-electron chi connectivity index (χ2n) is 3.25. The highest BCUT2D eigenvalue weighted by Gasteiger charge is 2.22. The maximum atomic E-state index is 13.2. The van der Waals surface area contributed by atoms with Crippen molar-refractivity contribution in [3.63, 3.8) is 0 Å². The fourth-order valence-corrected chi connectivity index (χ4v) is 1.06. The molecular weight excluding hydrogens is 174 g/mol. The van der Waals surface area contributed by atoms with Crippen LogP contribution >= 0.6 is 0 Å². The van der Waals surface area contributed by atoms with Gasteiger partial charge in [-0.15, -0.1) is 0 Å². The SMILES string of the molecule is CC(N)(CN)c1ccc(F)cc1F. The molecule has 4 N–H and O–H groups in total. The summed E-state index contributed by atoms with van der Waals surface area (Å²) in [4.78, 5) is 0. The van der Waals surface area contributed by atoms with E-state index < -0.39 is 17.2 Å². The molecule has 0 radical (unpaired) electrons. The van der Waals surface area contributed by atoms with Crippen molar-refractivity contribution in [2.24, 2.45) is 11.5 Å². The summed E-state index contributed by atoms with van der Waals surface area (Å²) < 4.78 is 25.7. The van der Waals surface area contributed by atoms with E-state index in [9.17, 15) is 8.78 Å². The van der Waals surface area contributed by atoms with E-state index in [1.165, 1.54) is 12.1 Å². The summed E-state index contributed by atoms with van der Waals surface area (Å²) in [5.74, 6) is -1.27. The third-order valence-electron chi connectivity index (χ3n) is 1.97. The smallest absolute Gasteiger partial charge is 0.131 e. The molecule has 0 heterocycles. The lowest BCUT2D eigenvalue weighted by Crippen LogP contribution is -2.41. The average Bonchev–Trinajstić information content (AvgIpc) is 2.03. The Labute approximate surface area is 75.5 Å². The van der Waals surface area contributed by atoms with Crippen LogP contribution < -0.4 is 11.5 Å². The maximum Gasteiger partial charge on any atom is 0.131 e. The molecule has 1 aromatic carbocycles. The molecule has 0 aliphatic rings. The van der Waals surface area contributed by atoms with Gasteiger partial charge in [-0.25, -0.2) is 8.78 Å². The van der Waals surface area contributed by atoms with Crippen LogP contribution in [0.25, 0.3) is 0 Å². The van der Waals surface area contributed by atoms with Crippen molar-refractivity contribution in [3.8, 4) is 0 Å². The van der Waals surface area contributed by atoms with Crippen molar-refractivity contribution in [3.05, 3.63) is 35.4 Å². The molecule has 0 saturated heterocycles. The van der Waals surface area contributed by atoms with E-state index in [4.69, 9.17) is 11.5 Å². The minimum Gasteiger partial charge on any atom is -0.328 e. The molecule has 0 fully saturated rings. The fraction of sp³-hybridized carbons (Fsp3) is 0.333. The Bertz CT molecular complexity index is 310. The minimum atomic E-state index is -0.947. The third kappa shape index (κ3) is 2.02. The van der Waals surface area contributed by atoms with Crippen molar-refractivity contribution in [1.82, 2.24) is 0 Å². The molecule has 4 heteroatoms. The largest absolute Gasteiger partial charge is 0.328 e. The van der Waals surface area contributed by atoms with Crippen molar-refractivity contribution in [2.45, 2.75) is 12.5 Å². The second-order valence-corrected chi connectivity index (χ2v) is 3.25. The fourth-order valence-electron chi connectivity index (χ4n) is 1.06. The zero-order chi connectivity index (χ0) is 10.1. The van der Waals surface area contributed by atoms with Gasteiger partial charge in [-0.1, -0.05) is 6.07 Å². The lowest BCUT2D eigenvalue weighted by Gasteiger charge is -2.23. The minimum absolute atomic E-state index is 0.107. The molecule has 1 atom stereocenters. The quantitative estimate of drug-likeness (QED) is 0.726. The average molecular weight is 186 g/mol. The topological polar surface area (TPSA) is 52.0 Å². The van der Waals surface area contributed by atoms with E-state index >= 15 is 0 Å². The first kappa shape index (κ1) is 10.1. The van der Waals surface area contributed by atoms with Gasteiger partial charge in [-0.3, -0.25) is 0 Å². The molecule has 0 bridgehead atoms. The van der Waals surface area contributed by atoms with Gasteiger partial charge in [0.15, 0.2) is 0 Å². The van der Waals surface area contributed by atoms with Gasteiger partial charge < -0.3 is 11.5 Å². The van der Waals surface area contributed by atoms with Crippen LogP contribution in [0.3, 0.4) is 0 Å². The van der Waals surface area contributed by atoms with Gasteiger partial charge in [0.05, 0.1) is 5.54 Å². The van der Waals surface area contributed by atoms with Crippen LogP contribution in [0.15, 0.2) is 18.2 Å². The van der Waals surface area contributed by atoms with Crippen LogP contribution in [0.5, 0.6) is 0 Å². The van der Waals surface area contributed by atoms with E-state index in [-0.39, 0.29) is 12.1 Å². The first-order chi connectivity index (χ1) is 5.97. The zero-order valence-corrected chi connectivity index (χ0v) is 7.35. The third-order valence-corrected chi connectivity index (χ3v) is 1.97. The number of hydrogen-bond acceptors (Lipinski definition) is 2. The Kier molecular flexibility index (Phi) is 2.63. The highest BCUT2D eigenvalue weighted by molar-refractivity contribution is 5.26. The highest BCUT2D eigenvalue weighted by Crippen LogP contribution is 2.20. The van der Waals surface area contributed by atoms with E-state index in [1.54, 1.807) is 6.92 Å². The van der Waals surface area contributed by atoms with Crippen LogP contribution in [0.2, 0.25) is 0 Å². The van der Waals surface area contributed by atoms with Crippen LogP contribution in [-0.4, -0.2) is 6.54 Å². The predicted molar refractivity (Wildman–Crippen MR) is 47.0 cm³/mol. The van der Waals surface area contributed by atoms with E-state index in [0.717, 1.165) is 6.07 Å². The summed E-state index contributed by atoms with van der Waals surface area (Å²) in [6.45, 7) is 1.71. The molecule has 2 nitrogen and oxygen atoms in total. The van der Waals surface area contributed by atoms with Gasteiger partial charge in [-0.2, -0.15) is 0 Å². The zero-order valence-electron chi connectivity index (χ0n) is 7.35. The van der Waals surface area contributed by atoms with Gasteiger partial charge in [0.25, 0.3) is 0 Å². The molecule has 0 aliphatic heterocycles. The molecule has 0 saturated carbocycles. The highest BCUT2D eigenvalue weighted by atomic mass is 19.1. The Morgan fingerprint density at radius 3 is 2.46 bits per heavy atom. The van der Waals surface area contributed by atoms with Crippen LogP contribution in [0, 0.1) is 11.6 Å². The standard InChI is InChI=1S/C9H12F2N2/c1-9(13,5-12)7-3-2-6(10)4-8(7)11/h2-4H,5,12-13H2,1H3. The lowest BCUT2D eigenvalue weighted by atomic mass is 9.93. The van der Waals surface area contributed by atoms with Gasteiger partial charge in [-0.05, 0) is 13.0 Å². The van der Waals surface area contributed by atoms with Crippen LogP contribution in [0.1, 0.15) is 12.5 Å². The van der Waals surface area contributed by atoms with Crippen molar-refractivity contribution in [1.29, 1.82) is 0 Å². The molecular formula is C9H12F2N2. The molecule has 0 aliphatic carbocycles. The Balaban J connectivity index is 3.16. The van der Waals surface area contributed by atoms with Crippen molar-refractivity contribution >= 4 is 0 Å². The summed E-state index contributed by atoms with van der Waals surface area (Å²) in [5, 5.41) is 0. The van der Waals surface area contributed by atoms with Crippen molar-refractivity contribution < 1.29 is 8.78 Å². The van der Waals surface area contributed by atoms with E-state index in [2.05, 4.69) is 0 Å². The van der Waals surface area contributed by atoms with E-state index in [0.29, 0.717) is 0 Å². The second kappa shape index (κ2) is 3.40. The monoisotopic (exact) mass is 186 g/mol. The Morgan fingerprint density at radius 1 is 1.38 bits per heavy atom. The first-order valence-electron chi connectivity index (χ1n) is 3.92. The van der Waals surface area contributed by atoms with E-state index in [1.807, 2.05) is 0 Å². The number of benzene rings is 1. The first-order valence-corrected chi connectivity index (χ1v) is 3.92. The van der Waals surface area contributed by atoms with Crippen LogP contribution in [-0.2, 0) is 5.54 Å². The van der Waals surface area contributed by atoms with Gasteiger partial charge in [0, 0.05) is 18.2 Å². The summed E-state index contributed by atoms with van der Waals surface area (Å²) >= 11 is 0. The molecule has 0 aromatic heterocycles. The Morgan fingerprint density at radius 2 is 2.00 bits per heavy atom. The van der Waals surface area contributed by atoms with Gasteiger partial charge >= 0.3 is 0 Å². The maximum absolute atomic E-state index is 13.2. The normalized spacial score (nSPS) is 15.5. The van der Waals surface area contributed by atoms with Gasteiger partial charge in [0.1, 0.15) is 11.6 Å². The molecule has 1 unspecified atom stereocenters. The summed E-state index contributed by atoms with van der Waals surface area (Å²) in [5.41, 5.74) is 10.3. The Hall–Kier alpha value is -1.00. The summed E-state index contributed by atoms with van der Waals surface area (Å²) in [6, 6.07) is 3.28. The predicted octanol–water partition coefficient (Wildman–Crippen LogP) is 1.10. The molecule has 72 valence electrons. The number of hydrogen-bond donors (Lipinski definition) is 2. The molecule has 13 heavy (non-hydrogen) atoms. The van der Waals surface area contributed by atoms with Crippen LogP contribution in [0.4, 0.5) is 8.78 Å². The summed E-state index contributed by atoms with van der Waals surface area (Å²) in [7, 11) is 0. The number of halogens is 2. The summed E-state index contributed by atoms with van der Waals surface area (Å²) in [6.07, 6.45) is 0. The lowest BCUT2D eigenvalue weighted by molar-refractivity contribution is 0.465. The number of nitrogens with two attached hydrogens (primary N) is 2. The van der Waals surface area contributed by atoms with Crippen molar-refractivity contribution in [2.75, 3.05) is 6.54 Å².